The Morgan fingerprint density at radius 1 is 1.25 bits per heavy atom. The molecule has 0 saturated carbocycles. The van der Waals surface area contributed by atoms with Gasteiger partial charge < -0.3 is 16.0 Å². The first kappa shape index (κ1) is 12.5. The number of hydrogen-bond acceptors (Lipinski definition) is 4. The van der Waals surface area contributed by atoms with Crippen molar-refractivity contribution in [1.29, 1.82) is 0 Å². The number of H-pyrrole nitrogens is 1. The molecule has 0 fully saturated rings. The molecule has 3 aromatic rings. The lowest BCUT2D eigenvalue weighted by atomic mass is 10.1. The van der Waals surface area contributed by atoms with Crippen molar-refractivity contribution in [3.8, 4) is 0 Å². The van der Waals surface area contributed by atoms with Crippen LogP contribution in [-0.4, -0.2) is 15.0 Å². The molecule has 0 spiro atoms. The SMILES string of the molecule is CCC(Nc1ccnc2cc(N)ccc12)c1ncc[nH]1. The molecule has 0 aliphatic rings. The molecule has 1 aromatic carbocycles. The minimum atomic E-state index is 0.146. The lowest BCUT2D eigenvalue weighted by Crippen LogP contribution is -2.11. The van der Waals surface area contributed by atoms with Crippen LogP contribution in [0.2, 0.25) is 0 Å². The normalized spacial score (nSPS) is 12.4. The molecule has 5 heteroatoms. The Balaban J connectivity index is 1.98. The minimum absolute atomic E-state index is 0.146. The Labute approximate surface area is 117 Å². The summed E-state index contributed by atoms with van der Waals surface area (Å²) in [6.45, 7) is 2.13. The number of anilines is 2. The molecular weight excluding hydrogens is 250 g/mol. The fourth-order valence-corrected chi connectivity index (χ4v) is 2.31. The largest absolute Gasteiger partial charge is 0.399 e. The third-order valence-electron chi connectivity index (χ3n) is 3.35. The van der Waals surface area contributed by atoms with Crippen LogP contribution >= 0.6 is 0 Å². The molecule has 1 unspecified atom stereocenters. The first-order valence-corrected chi connectivity index (χ1v) is 6.68. The Morgan fingerprint density at radius 2 is 2.15 bits per heavy atom. The van der Waals surface area contributed by atoms with Gasteiger partial charge in [-0.15, -0.1) is 0 Å². The number of hydrogen-bond donors (Lipinski definition) is 3. The standard InChI is InChI=1S/C15H17N5/c1-2-12(15-18-7-8-19-15)20-13-5-6-17-14-9-10(16)3-4-11(13)14/h3-9,12H,2,16H2,1H3,(H,17,20)(H,18,19). The second-order valence-corrected chi connectivity index (χ2v) is 4.71. The highest BCUT2D eigenvalue weighted by Gasteiger charge is 2.12. The predicted molar refractivity (Wildman–Crippen MR) is 81.4 cm³/mol. The summed E-state index contributed by atoms with van der Waals surface area (Å²) in [6, 6.07) is 7.89. The number of pyridine rings is 1. The van der Waals surface area contributed by atoms with Gasteiger partial charge in [-0.3, -0.25) is 4.98 Å². The van der Waals surface area contributed by atoms with E-state index in [0.717, 1.165) is 34.5 Å². The molecule has 2 heterocycles. The number of rotatable bonds is 4. The van der Waals surface area contributed by atoms with Crippen molar-refractivity contribution in [1.82, 2.24) is 15.0 Å². The van der Waals surface area contributed by atoms with Crippen molar-refractivity contribution in [2.45, 2.75) is 19.4 Å². The summed E-state index contributed by atoms with van der Waals surface area (Å²) >= 11 is 0. The van der Waals surface area contributed by atoms with Crippen LogP contribution in [0.15, 0.2) is 42.9 Å². The van der Waals surface area contributed by atoms with Crippen LogP contribution in [0.3, 0.4) is 0 Å². The number of nitrogens with zero attached hydrogens (tertiary/aromatic N) is 2. The summed E-state index contributed by atoms with van der Waals surface area (Å²) in [5.41, 5.74) is 8.46. The number of nitrogens with two attached hydrogens (primary N) is 1. The van der Waals surface area contributed by atoms with E-state index in [9.17, 15) is 0 Å². The smallest absolute Gasteiger partial charge is 0.128 e. The van der Waals surface area contributed by atoms with Crippen LogP contribution in [0.4, 0.5) is 11.4 Å². The number of imidazole rings is 1. The summed E-state index contributed by atoms with van der Waals surface area (Å²) in [5.74, 6) is 0.938. The number of benzene rings is 1. The molecule has 1 atom stereocenters. The average Bonchev–Trinajstić information content (AvgIpc) is 2.98. The molecule has 0 aliphatic carbocycles. The highest BCUT2D eigenvalue weighted by Crippen LogP contribution is 2.27. The van der Waals surface area contributed by atoms with E-state index in [4.69, 9.17) is 5.73 Å². The molecule has 102 valence electrons. The van der Waals surface area contributed by atoms with E-state index in [0.29, 0.717) is 0 Å². The van der Waals surface area contributed by atoms with E-state index in [1.807, 2.05) is 30.5 Å². The Hall–Kier alpha value is -2.56. The van der Waals surface area contributed by atoms with Gasteiger partial charge in [0.05, 0.1) is 11.6 Å². The monoisotopic (exact) mass is 267 g/mol. The summed E-state index contributed by atoms with van der Waals surface area (Å²) < 4.78 is 0. The molecule has 0 aliphatic heterocycles. The van der Waals surface area contributed by atoms with E-state index in [1.165, 1.54) is 0 Å². The van der Waals surface area contributed by atoms with Crippen molar-refractivity contribution in [2.24, 2.45) is 0 Å². The van der Waals surface area contributed by atoms with Crippen LogP contribution in [0.5, 0.6) is 0 Å². The lowest BCUT2D eigenvalue weighted by molar-refractivity contribution is 0.705. The van der Waals surface area contributed by atoms with Gasteiger partial charge in [-0.1, -0.05) is 6.92 Å². The second kappa shape index (κ2) is 5.21. The van der Waals surface area contributed by atoms with Gasteiger partial charge in [-0.25, -0.2) is 4.98 Å². The molecule has 0 bridgehead atoms. The third kappa shape index (κ3) is 2.30. The maximum Gasteiger partial charge on any atom is 0.128 e. The molecule has 20 heavy (non-hydrogen) atoms. The zero-order chi connectivity index (χ0) is 13.9. The van der Waals surface area contributed by atoms with Gasteiger partial charge in [0.2, 0.25) is 0 Å². The van der Waals surface area contributed by atoms with E-state index in [2.05, 4.69) is 27.2 Å². The van der Waals surface area contributed by atoms with Gasteiger partial charge in [0.1, 0.15) is 5.82 Å². The van der Waals surface area contributed by atoms with E-state index in [-0.39, 0.29) is 6.04 Å². The lowest BCUT2D eigenvalue weighted by Gasteiger charge is -2.17. The fourth-order valence-electron chi connectivity index (χ4n) is 2.31. The van der Waals surface area contributed by atoms with Gasteiger partial charge in [0, 0.05) is 35.4 Å². The van der Waals surface area contributed by atoms with E-state index < -0.39 is 0 Å². The first-order valence-electron chi connectivity index (χ1n) is 6.68. The highest BCUT2D eigenvalue weighted by molar-refractivity contribution is 5.92. The Kier molecular flexibility index (Phi) is 3.25. The van der Waals surface area contributed by atoms with Crippen molar-refractivity contribution < 1.29 is 0 Å². The van der Waals surface area contributed by atoms with Crippen LogP contribution < -0.4 is 11.1 Å². The van der Waals surface area contributed by atoms with Crippen LogP contribution in [0.1, 0.15) is 25.2 Å². The molecule has 2 aromatic heterocycles. The predicted octanol–water partition coefficient (Wildman–Crippen LogP) is 3.10. The van der Waals surface area contributed by atoms with E-state index >= 15 is 0 Å². The average molecular weight is 267 g/mol. The highest BCUT2D eigenvalue weighted by atomic mass is 15.0. The van der Waals surface area contributed by atoms with Crippen LogP contribution in [-0.2, 0) is 0 Å². The van der Waals surface area contributed by atoms with Gasteiger partial charge >= 0.3 is 0 Å². The second-order valence-electron chi connectivity index (χ2n) is 4.71. The number of fused-ring (bicyclic) bond motifs is 1. The molecule has 4 N–H and O–H groups in total. The first-order chi connectivity index (χ1) is 9.78. The molecule has 5 nitrogen and oxygen atoms in total. The Morgan fingerprint density at radius 3 is 2.90 bits per heavy atom. The van der Waals surface area contributed by atoms with Crippen LogP contribution in [0.25, 0.3) is 10.9 Å². The molecule has 0 saturated heterocycles. The number of aromatic amines is 1. The topological polar surface area (TPSA) is 79.6 Å². The fraction of sp³-hybridized carbons (Fsp3) is 0.200. The Bertz CT molecular complexity index is 705. The summed E-state index contributed by atoms with van der Waals surface area (Å²) in [7, 11) is 0. The third-order valence-corrected chi connectivity index (χ3v) is 3.35. The van der Waals surface area contributed by atoms with Crippen LogP contribution in [0, 0.1) is 0 Å². The number of nitrogen functional groups attached to an aromatic ring is 1. The van der Waals surface area contributed by atoms with E-state index in [1.54, 1.807) is 12.4 Å². The van der Waals surface area contributed by atoms with Gasteiger partial charge in [-0.05, 0) is 30.7 Å². The summed E-state index contributed by atoms with van der Waals surface area (Å²) in [5, 5.41) is 4.58. The van der Waals surface area contributed by atoms with Gasteiger partial charge in [0.25, 0.3) is 0 Å². The number of nitrogens with one attached hydrogen (secondary N) is 2. The molecular formula is C15H17N5. The maximum absolute atomic E-state index is 5.80. The van der Waals surface area contributed by atoms with Crippen molar-refractivity contribution >= 4 is 22.3 Å². The molecule has 3 rings (SSSR count). The zero-order valence-electron chi connectivity index (χ0n) is 11.3. The quantitative estimate of drug-likeness (QED) is 0.634. The minimum Gasteiger partial charge on any atom is -0.399 e. The van der Waals surface area contributed by atoms with Crippen molar-refractivity contribution in [2.75, 3.05) is 11.1 Å². The van der Waals surface area contributed by atoms with Gasteiger partial charge in [0.15, 0.2) is 0 Å². The van der Waals surface area contributed by atoms with Crippen molar-refractivity contribution in [3.63, 3.8) is 0 Å². The molecule has 0 radical (unpaired) electrons. The van der Waals surface area contributed by atoms with Crippen molar-refractivity contribution in [3.05, 3.63) is 48.7 Å². The maximum atomic E-state index is 5.80. The van der Waals surface area contributed by atoms with Gasteiger partial charge in [-0.2, -0.15) is 0 Å². The summed E-state index contributed by atoms with van der Waals surface area (Å²) in [4.78, 5) is 11.8. The zero-order valence-corrected chi connectivity index (χ0v) is 11.3. The molecule has 0 amide bonds. The summed E-state index contributed by atoms with van der Waals surface area (Å²) in [6.07, 6.45) is 6.33. The number of aromatic nitrogens is 3.